The van der Waals surface area contributed by atoms with Crippen molar-refractivity contribution < 1.29 is 9.53 Å². The van der Waals surface area contributed by atoms with Gasteiger partial charge in [-0.3, -0.25) is 14.0 Å². The van der Waals surface area contributed by atoms with Crippen LogP contribution in [0.25, 0.3) is 22.4 Å². The second kappa shape index (κ2) is 10.1. The fourth-order valence-electron chi connectivity index (χ4n) is 4.79. The monoisotopic (exact) mass is 491 g/mol. The summed E-state index contributed by atoms with van der Waals surface area (Å²) in [5, 5.41) is 13.0. The van der Waals surface area contributed by atoms with E-state index < -0.39 is 0 Å². The molecule has 5 rings (SSSR count). The van der Waals surface area contributed by atoms with Gasteiger partial charge in [-0.15, -0.1) is 10.2 Å². The van der Waals surface area contributed by atoms with Crippen LogP contribution in [-0.4, -0.2) is 44.0 Å². The molecule has 0 unspecified atom stereocenters. The minimum atomic E-state index is -0.202. The maximum atomic E-state index is 13.6. The van der Waals surface area contributed by atoms with E-state index in [0.717, 1.165) is 18.4 Å². The fourth-order valence-corrected chi connectivity index (χ4v) is 5.54. The van der Waals surface area contributed by atoms with Crippen molar-refractivity contribution in [1.82, 2.24) is 24.5 Å². The molecule has 0 bridgehead atoms. The molecule has 0 radical (unpaired) electrons. The van der Waals surface area contributed by atoms with Crippen molar-refractivity contribution in [3.05, 3.63) is 58.4 Å². The van der Waals surface area contributed by atoms with Crippen molar-refractivity contribution >= 4 is 34.3 Å². The molecule has 35 heavy (non-hydrogen) atoms. The maximum Gasteiger partial charge on any atom is 0.267 e. The number of hydrogen-bond donors (Lipinski definition) is 1. The molecule has 8 nitrogen and oxygen atoms in total. The molecule has 182 valence electrons. The molecule has 4 aromatic rings. The number of benzene rings is 2. The zero-order chi connectivity index (χ0) is 24.4. The van der Waals surface area contributed by atoms with Crippen LogP contribution in [0.5, 0.6) is 5.75 Å². The number of carbonyl (C=O) groups excluding carboxylic acids is 1. The first-order chi connectivity index (χ1) is 17.1. The lowest BCUT2D eigenvalue weighted by Crippen LogP contribution is -2.35. The lowest BCUT2D eigenvalue weighted by Gasteiger charge is -2.16. The Balaban J connectivity index is 1.54. The minimum absolute atomic E-state index is 0.00312. The van der Waals surface area contributed by atoms with Crippen LogP contribution in [0.4, 0.5) is 0 Å². The van der Waals surface area contributed by atoms with E-state index >= 15 is 0 Å². The highest BCUT2D eigenvalue weighted by Gasteiger charge is 2.21. The predicted octanol–water partition coefficient (Wildman–Crippen LogP) is 4.28. The summed E-state index contributed by atoms with van der Waals surface area (Å²) < 4.78 is 8.95. The number of fused-ring (bicyclic) bond motifs is 3. The second-order valence-electron chi connectivity index (χ2n) is 9.00. The van der Waals surface area contributed by atoms with E-state index in [1.807, 2.05) is 47.7 Å². The highest BCUT2D eigenvalue weighted by atomic mass is 32.2. The maximum absolute atomic E-state index is 13.6. The Hall–Kier alpha value is -3.33. The van der Waals surface area contributed by atoms with Gasteiger partial charge in [0.1, 0.15) is 5.75 Å². The number of ether oxygens (including phenoxy) is 1. The van der Waals surface area contributed by atoms with Gasteiger partial charge in [-0.25, -0.2) is 4.57 Å². The number of hydrogen-bond acceptors (Lipinski definition) is 6. The van der Waals surface area contributed by atoms with Crippen molar-refractivity contribution in [1.29, 1.82) is 0 Å². The van der Waals surface area contributed by atoms with Crippen LogP contribution in [0.1, 0.15) is 44.1 Å². The number of methoxy groups -OCH3 is 1. The normalized spacial score (nSPS) is 14.8. The second-order valence-corrected chi connectivity index (χ2v) is 9.94. The average molecular weight is 492 g/mol. The summed E-state index contributed by atoms with van der Waals surface area (Å²) in [6.45, 7) is 1.96. The smallest absolute Gasteiger partial charge is 0.267 e. The molecule has 0 spiro atoms. The largest absolute Gasteiger partial charge is 0.495 e. The van der Waals surface area contributed by atoms with E-state index in [4.69, 9.17) is 4.74 Å². The third-order valence-electron chi connectivity index (χ3n) is 6.52. The lowest BCUT2D eigenvalue weighted by molar-refractivity contribution is -0.119. The molecule has 0 atom stereocenters. The van der Waals surface area contributed by atoms with Crippen molar-refractivity contribution in [3.63, 3.8) is 0 Å². The average Bonchev–Trinajstić information content (AvgIpc) is 3.11. The number of aromatic nitrogens is 4. The standard InChI is InChI=1S/C26H29N5O3S/c1-17-13-14-22(34-2)21(15-17)30-24(33)19-11-7-8-12-20(19)31-25(30)28-29-26(31)35-16-23(32)27-18-9-5-3-4-6-10-18/h7-8,11-15,18H,3-6,9-10,16H2,1-2H3,(H,27,32). The van der Waals surface area contributed by atoms with Crippen LogP contribution >= 0.6 is 11.8 Å². The molecule has 1 amide bonds. The van der Waals surface area contributed by atoms with Gasteiger partial charge in [0.25, 0.3) is 5.56 Å². The van der Waals surface area contributed by atoms with Gasteiger partial charge in [-0.1, -0.05) is 55.6 Å². The van der Waals surface area contributed by atoms with Gasteiger partial charge in [0.15, 0.2) is 5.16 Å². The first-order valence-corrected chi connectivity index (χ1v) is 13.0. The fraction of sp³-hybridized carbons (Fsp3) is 0.385. The topological polar surface area (TPSA) is 90.5 Å². The number of carbonyl (C=O) groups is 1. The number of thioether (sulfide) groups is 1. The van der Waals surface area contributed by atoms with Crippen molar-refractivity contribution in [3.8, 4) is 11.4 Å². The molecule has 1 N–H and O–H groups in total. The van der Waals surface area contributed by atoms with E-state index in [-0.39, 0.29) is 23.3 Å². The van der Waals surface area contributed by atoms with Crippen molar-refractivity contribution in [2.24, 2.45) is 0 Å². The van der Waals surface area contributed by atoms with Gasteiger partial charge in [0, 0.05) is 6.04 Å². The highest BCUT2D eigenvalue weighted by Crippen LogP contribution is 2.28. The van der Waals surface area contributed by atoms with E-state index in [0.29, 0.717) is 33.3 Å². The number of rotatable bonds is 6. The van der Waals surface area contributed by atoms with Gasteiger partial charge in [-0.05, 0) is 49.6 Å². The van der Waals surface area contributed by atoms with Gasteiger partial charge >= 0.3 is 0 Å². The summed E-state index contributed by atoms with van der Waals surface area (Å²) in [6, 6.07) is 13.3. The third kappa shape index (κ3) is 4.65. The summed E-state index contributed by atoms with van der Waals surface area (Å²) in [7, 11) is 1.58. The Kier molecular flexibility index (Phi) is 6.77. The predicted molar refractivity (Wildman–Crippen MR) is 138 cm³/mol. The molecule has 2 aromatic carbocycles. The van der Waals surface area contributed by atoms with Crippen molar-refractivity contribution in [2.45, 2.75) is 56.6 Å². The first-order valence-electron chi connectivity index (χ1n) is 12.0. The van der Waals surface area contributed by atoms with Crippen LogP contribution in [0.2, 0.25) is 0 Å². The summed E-state index contributed by atoms with van der Waals surface area (Å²) in [4.78, 5) is 26.3. The zero-order valence-corrected chi connectivity index (χ0v) is 20.8. The van der Waals surface area contributed by atoms with Gasteiger partial charge in [0.2, 0.25) is 11.7 Å². The molecule has 2 heterocycles. The summed E-state index contributed by atoms with van der Waals surface area (Å²) >= 11 is 1.33. The molecule has 1 saturated carbocycles. The Morgan fingerprint density at radius 3 is 2.66 bits per heavy atom. The zero-order valence-electron chi connectivity index (χ0n) is 20.0. The number of amides is 1. The van der Waals surface area contributed by atoms with E-state index in [9.17, 15) is 9.59 Å². The molecule has 9 heteroatoms. The summed E-state index contributed by atoms with van der Waals surface area (Å²) in [5.41, 5.74) is 2.09. The molecule has 1 fully saturated rings. The van der Waals surface area contributed by atoms with Gasteiger partial charge < -0.3 is 10.1 Å². The Labute approximate surface area is 207 Å². The van der Waals surface area contributed by atoms with Crippen molar-refractivity contribution in [2.75, 3.05) is 12.9 Å². The molecule has 2 aromatic heterocycles. The minimum Gasteiger partial charge on any atom is -0.495 e. The summed E-state index contributed by atoms with van der Waals surface area (Å²) in [6.07, 6.45) is 6.90. The van der Waals surface area contributed by atoms with Crippen LogP contribution in [0, 0.1) is 6.92 Å². The molecule has 1 aliphatic rings. The molecule has 1 aliphatic carbocycles. The number of nitrogens with zero attached hydrogens (tertiary/aromatic N) is 4. The Morgan fingerprint density at radius 2 is 1.89 bits per heavy atom. The van der Waals surface area contributed by atoms with Crippen LogP contribution < -0.4 is 15.6 Å². The number of aryl methyl sites for hydroxylation is 1. The van der Waals surface area contributed by atoms with Crippen LogP contribution in [0.3, 0.4) is 0 Å². The quantitative estimate of drug-likeness (QED) is 0.320. The molecule has 0 saturated heterocycles. The van der Waals surface area contributed by atoms with E-state index in [1.165, 1.54) is 42.0 Å². The third-order valence-corrected chi connectivity index (χ3v) is 7.45. The molecular formula is C26H29N5O3S. The van der Waals surface area contributed by atoms with E-state index in [2.05, 4.69) is 15.5 Å². The Morgan fingerprint density at radius 1 is 1.11 bits per heavy atom. The van der Waals surface area contributed by atoms with Crippen LogP contribution in [-0.2, 0) is 4.79 Å². The molecular weight excluding hydrogens is 462 g/mol. The first kappa shape index (κ1) is 23.4. The SMILES string of the molecule is COc1ccc(C)cc1-n1c(=O)c2ccccc2n2c(SCC(=O)NC3CCCCCC3)nnc12. The van der Waals surface area contributed by atoms with Gasteiger partial charge in [0.05, 0.1) is 29.5 Å². The van der Waals surface area contributed by atoms with E-state index in [1.54, 1.807) is 13.2 Å². The number of para-hydroxylation sites is 1. The number of nitrogens with one attached hydrogen (secondary N) is 1. The summed E-state index contributed by atoms with van der Waals surface area (Å²) in [5.74, 6) is 1.18. The highest BCUT2D eigenvalue weighted by molar-refractivity contribution is 7.99. The lowest BCUT2D eigenvalue weighted by atomic mass is 10.1. The molecule has 0 aliphatic heterocycles. The van der Waals surface area contributed by atoms with Crippen LogP contribution in [0.15, 0.2) is 52.4 Å². The Bertz CT molecular complexity index is 1440. The van der Waals surface area contributed by atoms with Gasteiger partial charge in [-0.2, -0.15) is 0 Å².